The number of benzene rings is 1. The molecule has 0 spiro atoms. The summed E-state index contributed by atoms with van der Waals surface area (Å²) in [6.45, 7) is 8.81. The van der Waals surface area contributed by atoms with Gasteiger partial charge in [0.2, 0.25) is 11.8 Å². The fraction of sp³-hybridized carbons (Fsp3) is 0.655. The van der Waals surface area contributed by atoms with E-state index in [2.05, 4.69) is 10.6 Å². The molecule has 2 heterocycles. The summed E-state index contributed by atoms with van der Waals surface area (Å²) in [5.74, 6) is -1.11. The van der Waals surface area contributed by atoms with Crippen LogP contribution in [0.25, 0.3) is 0 Å². The third-order valence-electron chi connectivity index (χ3n) is 7.64. The van der Waals surface area contributed by atoms with Crippen molar-refractivity contribution in [3.63, 3.8) is 0 Å². The molecule has 4 rings (SSSR count). The summed E-state index contributed by atoms with van der Waals surface area (Å²) in [7, 11) is 0. The third-order valence-corrected chi connectivity index (χ3v) is 7.64. The molecule has 1 saturated carbocycles. The van der Waals surface area contributed by atoms with E-state index >= 15 is 0 Å². The lowest BCUT2D eigenvalue weighted by molar-refractivity contribution is -0.149. The highest BCUT2D eigenvalue weighted by molar-refractivity contribution is 6.00. The van der Waals surface area contributed by atoms with Gasteiger partial charge >= 0.3 is 0 Å². The number of morpholine rings is 1. The molecule has 4 atom stereocenters. The molecular weight excluding hydrogens is 516 g/mol. The second-order valence-electron chi connectivity index (χ2n) is 11.9. The van der Waals surface area contributed by atoms with E-state index in [-0.39, 0.29) is 60.3 Å². The van der Waals surface area contributed by atoms with Crippen molar-refractivity contribution in [2.45, 2.75) is 83.2 Å². The standard InChI is InChI=1S/C29H42N4O7/c1-18(2)13-22(27(37)33-16-20(34)14-23(33)28(38)32-11-12-39-19(3)15-32)30-26(36)21-7-5-6-8-24(21)40-17-25(35)31-29(4)9-10-29/h5-8,18-20,22-23,34H,9-17H2,1-4H3,(H,30,36)(H,31,35)/t19-,20+,22-,23-/m1/s1. The van der Waals surface area contributed by atoms with Crippen LogP contribution < -0.4 is 15.4 Å². The van der Waals surface area contributed by atoms with Gasteiger partial charge in [-0.25, -0.2) is 0 Å². The number of hydrogen-bond donors (Lipinski definition) is 3. The van der Waals surface area contributed by atoms with Crippen LogP contribution >= 0.6 is 0 Å². The molecule has 3 fully saturated rings. The molecule has 0 radical (unpaired) electrons. The van der Waals surface area contributed by atoms with E-state index in [9.17, 15) is 24.3 Å². The Morgan fingerprint density at radius 1 is 1.18 bits per heavy atom. The lowest BCUT2D eigenvalue weighted by atomic mass is 10.0. The van der Waals surface area contributed by atoms with Crippen molar-refractivity contribution in [2.75, 3.05) is 32.8 Å². The van der Waals surface area contributed by atoms with Crippen LogP contribution in [-0.4, -0.2) is 101 Å². The highest BCUT2D eigenvalue weighted by Gasteiger charge is 2.44. The molecule has 0 unspecified atom stereocenters. The normalized spacial score (nSPS) is 24.4. The lowest BCUT2D eigenvalue weighted by Gasteiger charge is -2.36. The van der Waals surface area contributed by atoms with Gasteiger partial charge in [0.1, 0.15) is 17.8 Å². The number of aliphatic hydroxyl groups is 1. The molecule has 11 heteroatoms. The van der Waals surface area contributed by atoms with Gasteiger partial charge in [-0.05, 0) is 51.2 Å². The number of carbonyl (C=O) groups is 4. The lowest BCUT2D eigenvalue weighted by Crippen LogP contribution is -2.56. The Hall–Kier alpha value is -3.18. The molecule has 0 bridgehead atoms. The van der Waals surface area contributed by atoms with Gasteiger partial charge in [-0.2, -0.15) is 0 Å². The van der Waals surface area contributed by atoms with Gasteiger partial charge in [0, 0.05) is 31.6 Å². The second kappa shape index (κ2) is 12.6. The predicted molar refractivity (Wildman–Crippen MR) is 147 cm³/mol. The molecule has 1 aliphatic carbocycles. The Bertz CT molecular complexity index is 1110. The number of rotatable bonds is 10. The molecule has 40 heavy (non-hydrogen) atoms. The molecule has 1 aromatic rings. The second-order valence-corrected chi connectivity index (χ2v) is 11.9. The van der Waals surface area contributed by atoms with E-state index in [4.69, 9.17) is 9.47 Å². The minimum atomic E-state index is -0.914. The SMILES string of the molecule is CC(C)C[C@@H](NC(=O)c1ccccc1OCC(=O)NC1(C)CC1)C(=O)N1C[C@@H](O)C[C@@H]1C(=O)N1CCO[C@H](C)C1. The molecule has 4 amide bonds. The summed E-state index contributed by atoms with van der Waals surface area (Å²) in [6, 6.07) is 4.85. The number of hydrogen-bond acceptors (Lipinski definition) is 7. The van der Waals surface area contributed by atoms with Crippen LogP contribution in [0.4, 0.5) is 0 Å². The summed E-state index contributed by atoms with van der Waals surface area (Å²) < 4.78 is 11.2. The smallest absolute Gasteiger partial charge is 0.258 e. The summed E-state index contributed by atoms with van der Waals surface area (Å²) in [6.07, 6.45) is 1.41. The van der Waals surface area contributed by atoms with Gasteiger partial charge in [0.25, 0.3) is 11.8 Å². The predicted octanol–water partition coefficient (Wildman–Crippen LogP) is 1.09. The largest absolute Gasteiger partial charge is 0.483 e. The zero-order chi connectivity index (χ0) is 29.0. The minimum absolute atomic E-state index is 0.0212. The number of amides is 4. The highest BCUT2D eigenvalue weighted by atomic mass is 16.5. The first kappa shape index (κ1) is 29.8. The van der Waals surface area contributed by atoms with Gasteiger partial charge in [-0.3, -0.25) is 19.2 Å². The Labute approximate surface area is 235 Å². The highest BCUT2D eigenvalue weighted by Crippen LogP contribution is 2.34. The first-order valence-electron chi connectivity index (χ1n) is 14.2. The number of para-hydroxylation sites is 1. The van der Waals surface area contributed by atoms with Gasteiger partial charge in [0.15, 0.2) is 6.61 Å². The maximum Gasteiger partial charge on any atom is 0.258 e. The zero-order valence-corrected chi connectivity index (χ0v) is 23.9. The minimum Gasteiger partial charge on any atom is -0.483 e. The van der Waals surface area contributed by atoms with E-state index in [0.717, 1.165) is 12.8 Å². The van der Waals surface area contributed by atoms with Crippen molar-refractivity contribution in [2.24, 2.45) is 5.92 Å². The van der Waals surface area contributed by atoms with Crippen LogP contribution in [-0.2, 0) is 19.1 Å². The summed E-state index contributed by atoms with van der Waals surface area (Å²) >= 11 is 0. The maximum atomic E-state index is 13.8. The van der Waals surface area contributed by atoms with Gasteiger partial charge in [-0.1, -0.05) is 26.0 Å². The molecule has 220 valence electrons. The molecule has 1 aromatic carbocycles. The number of nitrogens with one attached hydrogen (secondary N) is 2. The van der Waals surface area contributed by atoms with Crippen molar-refractivity contribution in [3.8, 4) is 5.75 Å². The van der Waals surface area contributed by atoms with Crippen molar-refractivity contribution in [1.29, 1.82) is 0 Å². The number of nitrogens with zero attached hydrogens (tertiary/aromatic N) is 2. The Kier molecular flexibility index (Phi) is 9.35. The Balaban J connectivity index is 1.46. The number of aliphatic hydroxyl groups excluding tert-OH is 1. The maximum absolute atomic E-state index is 13.8. The molecule has 2 aliphatic heterocycles. The Morgan fingerprint density at radius 3 is 2.58 bits per heavy atom. The first-order valence-corrected chi connectivity index (χ1v) is 14.2. The van der Waals surface area contributed by atoms with Crippen molar-refractivity contribution >= 4 is 23.6 Å². The summed E-state index contributed by atoms with van der Waals surface area (Å²) in [5, 5.41) is 16.2. The van der Waals surface area contributed by atoms with E-state index in [0.29, 0.717) is 26.1 Å². The molecule has 3 aliphatic rings. The van der Waals surface area contributed by atoms with Crippen LogP contribution in [0.3, 0.4) is 0 Å². The van der Waals surface area contributed by atoms with Crippen LogP contribution in [0.15, 0.2) is 24.3 Å². The van der Waals surface area contributed by atoms with E-state index < -0.39 is 30.0 Å². The molecular formula is C29H42N4O7. The van der Waals surface area contributed by atoms with Crippen LogP contribution in [0, 0.1) is 5.92 Å². The van der Waals surface area contributed by atoms with Gasteiger partial charge in [-0.15, -0.1) is 0 Å². The van der Waals surface area contributed by atoms with Crippen LogP contribution in [0.1, 0.15) is 63.7 Å². The molecule has 11 nitrogen and oxygen atoms in total. The fourth-order valence-electron chi connectivity index (χ4n) is 5.26. The van der Waals surface area contributed by atoms with Crippen molar-refractivity contribution in [1.82, 2.24) is 20.4 Å². The van der Waals surface area contributed by atoms with Crippen molar-refractivity contribution < 1.29 is 33.8 Å². The van der Waals surface area contributed by atoms with E-state index in [1.165, 1.54) is 4.90 Å². The number of carbonyl (C=O) groups excluding carboxylic acids is 4. The number of β-amino-alcohol motifs (C(OH)–C–C–N with tert-alkyl or cyclic N) is 1. The van der Waals surface area contributed by atoms with E-state index in [1.807, 2.05) is 27.7 Å². The van der Waals surface area contributed by atoms with Crippen LogP contribution in [0.5, 0.6) is 5.75 Å². The zero-order valence-electron chi connectivity index (χ0n) is 23.9. The van der Waals surface area contributed by atoms with Crippen LogP contribution in [0.2, 0.25) is 0 Å². The summed E-state index contributed by atoms with van der Waals surface area (Å²) in [5.41, 5.74) is 0.0235. The molecule has 2 saturated heterocycles. The molecule has 0 aromatic heterocycles. The monoisotopic (exact) mass is 558 g/mol. The molecule has 3 N–H and O–H groups in total. The first-order chi connectivity index (χ1) is 19.0. The van der Waals surface area contributed by atoms with Crippen molar-refractivity contribution in [3.05, 3.63) is 29.8 Å². The number of ether oxygens (including phenoxy) is 2. The summed E-state index contributed by atoms with van der Waals surface area (Å²) in [4.78, 5) is 56.0. The van der Waals surface area contributed by atoms with Gasteiger partial charge < -0.3 is 35.0 Å². The average molecular weight is 559 g/mol. The third kappa shape index (κ3) is 7.51. The Morgan fingerprint density at radius 2 is 1.90 bits per heavy atom. The average Bonchev–Trinajstić information content (AvgIpc) is 3.50. The van der Waals surface area contributed by atoms with Gasteiger partial charge in [0.05, 0.1) is 24.4 Å². The number of likely N-dealkylation sites (tertiary alicyclic amines) is 1. The topological polar surface area (TPSA) is 138 Å². The quantitative estimate of drug-likeness (QED) is 0.391. The van der Waals surface area contributed by atoms with E-state index in [1.54, 1.807) is 29.2 Å². The fourth-order valence-corrected chi connectivity index (χ4v) is 5.26.